The summed E-state index contributed by atoms with van der Waals surface area (Å²) in [4.78, 5) is 11.9. The molecule has 1 N–H and O–H groups in total. The standard InChI is InChI=1S/C22H13N3/c1-23-15-8-6-7-14(13-15)22-24-20-18-11-4-2-9-16(18)17-10-3-5-12-19(17)21(20)25-22/h2-13H,(H,24,25). The van der Waals surface area contributed by atoms with Crippen molar-refractivity contribution in [2.75, 3.05) is 0 Å². The highest BCUT2D eigenvalue weighted by Gasteiger charge is 2.13. The van der Waals surface area contributed by atoms with E-state index < -0.39 is 0 Å². The first-order valence-corrected chi connectivity index (χ1v) is 8.12. The Morgan fingerprint density at radius 2 is 1.44 bits per heavy atom. The smallest absolute Gasteiger partial charge is 0.187 e. The number of hydrogen-bond acceptors (Lipinski definition) is 1. The summed E-state index contributed by atoms with van der Waals surface area (Å²) in [6.45, 7) is 7.22. The largest absolute Gasteiger partial charge is 0.337 e. The van der Waals surface area contributed by atoms with Crippen LogP contribution in [-0.2, 0) is 0 Å². The van der Waals surface area contributed by atoms with E-state index in [1.54, 1.807) is 0 Å². The lowest BCUT2D eigenvalue weighted by Crippen LogP contribution is -1.81. The number of hydrogen-bond donors (Lipinski definition) is 1. The first kappa shape index (κ1) is 13.8. The van der Waals surface area contributed by atoms with Crippen LogP contribution in [0.25, 0.3) is 48.8 Å². The van der Waals surface area contributed by atoms with E-state index in [9.17, 15) is 0 Å². The van der Waals surface area contributed by atoms with Crippen molar-refractivity contribution in [1.82, 2.24) is 9.97 Å². The Kier molecular flexibility index (Phi) is 2.86. The molecule has 4 aromatic carbocycles. The van der Waals surface area contributed by atoms with Gasteiger partial charge in [0.2, 0.25) is 0 Å². The van der Waals surface area contributed by atoms with E-state index in [1.165, 1.54) is 10.8 Å². The lowest BCUT2D eigenvalue weighted by molar-refractivity contribution is 1.34. The molecule has 1 heterocycles. The summed E-state index contributed by atoms with van der Waals surface area (Å²) in [5.74, 6) is 0.794. The van der Waals surface area contributed by atoms with E-state index in [2.05, 4.69) is 52.3 Å². The maximum atomic E-state index is 7.22. The zero-order valence-corrected chi connectivity index (χ0v) is 13.3. The van der Waals surface area contributed by atoms with Crippen molar-refractivity contribution in [3.05, 3.63) is 84.2 Å². The maximum Gasteiger partial charge on any atom is 0.187 e. The minimum atomic E-state index is 0.618. The van der Waals surface area contributed by atoms with E-state index in [-0.39, 0.29) is 0 Å². The van der Waals surface area contributed by atoms with Gasteiger partial charge in [0.05, 0.1) is 17.6 Å². The van der Waals surface area contributed by atoms with Crippen LogP contribution >= 0.6 is 0 Å². The summed E-state index contributed by atoms with van der Waals surface area (Å²) >= 11 is 0. The molecule has 0 bridgehead atoms. The zero-order valence-electron chi connectivity index (χ0n) is 13.3. The van der Waals surface area contributed by atoms with Crippen LogP contribution < -0.4 is 0 Å². The number of fused-ring (bicyclic) bond motifs is 6. The Labute approximate surface area is 144 Å². The normalized spacial score (nSPS) is 11.2. The fraction of sp³-hybridized carbons (Fsp3) is 0. The fourth-order valence-corrected chi connectivity index (χ4v) is 3.48. The Bertz CT molecular complexity index is 1230. The predicted molar refractivity (Wildman–Crippen MR) is 103 cm³/mol. The number of benzene rings is 4. The number of H-pyrrole nitrogens is 1. The SMILES string of the molecule is [C-]#[N+]c1cccc(-c2nc3c4ccccc4c4ccccc4c3[nH]2)c1. The average Bonchev–Trinajstić information content (AvgIpc) is 3.14. The number of aromatic amines is 1. The van der Waals surface area contributed by atoms with Gasteiger partial charge in [0, 0.05) is 16.3 Å². The summed E-state index contributed by atoms with van der Waals surface area (Å²) in [7, 11) is 0. The van der Waals surface area contributed by atoms with Gasteiger partial charge in [-0.1, -0.05) is 66.7 Å². The molecule has 0 aliphatic carbocycles. The minimum Gasteiger partial charge on any atom is -0.337 e. The van der Waals surface area contributed by atoms with Gasteiger partial charge >= 0.3 is 0 Å². The quantitative estimate of drug-likeness (QED) is 0.294. The monoisotopic (exact) mass is 319 g/mol. The summed E-state index contributed by atoms with van der Waals surface area (Å²) in [6, 6.07) is 24.3. The van der Waals surface area contributed by atoms with Crippen LogP contribution in [0.2, 0.25) is 0 Å². The van der Waals surface area contributed by atoms with E-state index in [1.807, 2.05) is 30.3 Å². The highest BCUT2D eigenvalue weighted by Crippen LogP contribution is 2.35. The van der Waals surface area contributed by atoms with Crippen molar-refractivity contribution in [3.63, 3.8) is 0 Å². The molecule has 3 nitrogen and oxygen atoms in total. The Morgan fingerprint density at radius 3 is 2.20 bits per heavy atom. The van der Waals surface area contributed by atoms with E-state index in [4.69, 9.17) is 11.6 Å². The van der Waals surface area contributed by atoms with Crippen molar-refractivity contribution in [1.29, 1.82) is 0 Å². The van der Waals surface area contributed by atoms with Gasteiger partial charge in [0.1, 0.15) is 5.82 Å². The van der Waals surface area contributed by atoms with Gasteiger partial charge < -0.3 is 4.98 Å². The van der Waals surface area contributed by atoms with Crippen LogP contribution in [-0.4, -0.2) is 9.97 Å². The van der Waals surface area contributed by atoms with Crippen LogP contribution in [0, 0.1) is 6.57 Å². The topological polar surface area (TPSA) is 33.0 Å². The summed E-state index contributed by atoms with van der Waals surface area (Å²) < 4.78 is 0. The number of nitrogens with one attached hydrogen (secondary N) is 1. The summed E-state index contributed by atoms with van der Waals surface area (Å²) in [6.07, 6.45) is 0. The van der Waals surface area contributed by atoms with Crippen molar-refractivity contribution >= 4 is 38.3 Å². The molecule has 0 unspecified atom stereocenters. The first-order valence-electron chi connectivity index (χ1n) is 8.12. The minimum absolute atomic E-state index is 0.618. The second-order valence-corrected chi connectivity index (χ2v) is 6.06. The van der Waals surface area contributed by atoms with Gasteiger partial charge in [-0.05, 0) is 16.8 Å². The van der Waals surface area contributed by atoms with E-state index in [0.29, 0.717) is 5.69 Å². The highest BCUT2D eigenvalue weighted by molar-refractivity contribution is 6.23. The molecule has 3 heteroatoms. The van der Waals surface area contributed by atoms with Gasteiger partial charge in [0.25, 0.3) is 0 Å². The Balaban J connectivity index is 1.92. The van der Waals surface area contributed by atoms with Crippen molar-refractivity contribution in [2.24, 2.45) is 0 Å². The molecule has 5 aromatic rings. The first-order chi connectivity index (χ1) is 12.3. The third-order valence-electron chi connectivity index (χ3n) is 4.62. The van der Waals surface area contributed by atoms with Crippen molar-refractivity contribution in [2.45, 2.75) is 0 Å². The second kappa shape index (κ2) is 5.19. The van der Waals surface area contributed by atoms with Crippen molar-refractivity contribution < 1.29 is 0 Å². The molecule has 5 rings (SSSR count). The molecule has 0 spiro atoms. The van der Waals surface area contributed by atoms with Gasteiger partial charge in [0.15, 0.2) is 5.69 Å². The molecule has 1 aromatic heterocycles. The van der Waals surface area contributed by atoms with E-state index in [0.717, 1.165) is 33.2 Å². The van der Waals surface area contributed by atoms with Crippen LogP contribution in [0.3, 0.4) is 0 Å². The van der Waals surface area contributed by atoms with Gasteiger partial charge in [-0.3, -0.25) is 0 Å². The molecule has 0 fully saturated rings. The maximum absolute atomic E-state index is 7.22. The highest BCUT2D eigenvalue weighted by atomic mass is 14.9. The summed E-state index contributed by atoms with van der Waals surface area (Å²) in [5, 5.41) is 4.73. The van der Waals surface area contributed by atoms with Gasteiger partial charge in [-0.15, -0.1) is 0 Å². The molecule has 0 saturated heterocycles. The number of nitrogens with zero attached hydrogens (tertiary/aromatic N) is 2. The van der Waals surface area contributed by atoms with Crippen LogP contribution in [0.5, 0.6) is 0 Å². The molecule has 0 aliphatic heterocycles. The lowest BCUT2D eigenvalue weighted by Gasteiger charge is -2.05. The molecule has 0 radical (unpaired) electrons. The Hall–Kier alpha value is -3.64. The number of imidazole rings is 1. The van der Waals surface area contributed by atoms with E-state index >= 15 is 0 Å². The molecule has 25 heavy (non-hydrogen) atoms. The average molecular weight is 319 g/mol. The van der Waals surface area contributed by atoms with Crippen LogP contribution in [0.15, 0.2) is 72.8 Å². The molecule has 0 aliphatic rings. The van der Waals surface area contributed by atoms with Crippen LogP contribution in [0.1, 0.15) is 0 Å². The zero-order chi connectivity index (χ0) is 16.8. The van der Waals surface area contributed by atoms with Gasteiger partial charge in [-0.25, -0.2) is 9.83 Å². The third kappa shape index (κ3) is 2.02. The number of aromatic nitrogens is 2. The molecule has 0 amide bonds. The fourth-order valence-electron chi connectivity index (χ4n) is 3.48. The third-order valence-corrected chi connectivity index (χ3v) is 4.62. The second-order valence-electron chi connectivity index (χ2n) is 6.06. The molecule has 0 saturated carbocycles. The lowest BCUT2D eigenvalue weighted by atomic mass is 10.0. The van der Waals surface area contributed by atoms with Crippen LogP contribution in [0.4, 0.5) is 5.69 Å². The molecule has 116 valence electrons. The molecular weight excluding hydrogens is 306 g/mol. The predicted octanol–water partition coefficient (Wildman–Crippen LogP) is 6.09. The van der Waals surface area contributed by atoms with Crippen molar-refractivity contribution in [3.8, 4) is 11.4 Å². The summed E-state index contributed by atoms with van der Waals surface area (Å²) in [5.41, 5.74) is 3.56. The van der Waals surface area contributed by atoms with Gasteiger partial charge in [-0.2, -0.15) is 0 Å². The number of rotatable bonds is 1. The Morgan fingerprint density at radius 1 is 0.760 bits per heavy atom. The molecular formula is C22H13N3. The molecule has 0 atom stereocenters.